The molecule has 1 aliphatic carbocycles. The molecule has 0 aliphatic heterocycles. The van der Waals surface area contributed by atoms with E-state index in [0.717, 1.165) is 12.8 Å². The second kappa shape index (κ2) is 4.86. The normalized spacial score (nSPS) is 14.4. The predicted molar refractivity (Wildman–Crippen MR) is 65.1 cm³/mol. The molecular formula is C10H16N6O. The van der Waals surface area contributed by atoms with Crippen molar-refractivity contribution in [3.63, 3.8) is 0 Å². The second-order valence-corrected chi connectivity index (χ2v) is 4.05. The van der Waals surface area contributed by atoms with E-state index in [4.69, 9.17) is 11.5 Å². The van der Waals surface area contributed by atoms with E-state index >= 15 is 0 Å². The Morgan fingerprint density at radius 3 is 2.82 bits per heavy atom. The number of rotatable bonds is 5. The molecule has 7 heteroatoms. The van der Waals surface area contributed by atoms with Gasteiger partial charge in [-0.2, -0.15) is 9.97 Å². The van der Waals surface area contributed by atoms with Crippen LogP contribution in [0.2, 0.25) is 0 Å². The minimum absolute atomic E-state index is 0.0509. The van der Waals surface area contributed by atoms with Crippen LogP contribution >= 0.6 is 0 Å². The number of carbonyl (C=O) groups is 1. The van der Waals surface area contributed by atoms with Crippen molar-refractivity contribution in [2.75, 3.05) is 23.3 Å². The van der Waals surface area contributed by atoms with Gasteiger partial charge in [0.15, 0.2) is 0 Å². The van der Waals surface area contributed by atoms with Gasteiger partial charge in [-0.15, -0.1) is 0 Å². The summed E-state index contributed by atoms with van der Waals surface area (Å²) in [5.74, 6) is 1.02. The van der Waals surface area contributed by atoms with Gasteiger partial charge in [0.25, 0.3) is 0 Å². The Morgan fingerprint density at radius 2 is 2.18 bits per heavy atom. The lowest BCUT2D eigenvalue weighted by Crippen LogP contribution is -2.27. The highest BCUT2D eigenvalue weighted by molar-refractivity contribution is 5.77. The number of nitrogens with zero attached hydrogens (tertiary/aromatic N) is 2. The van der Waals surface area contributed by atoms with Gasteiger partial charge in [0.05, 0.1) is 0 Å². The van der Waals surface area contributed by atoms with Crippen molar-refractivity contribution in [3.05, 3.63) is 6.07 Å². The number of amides is 1. The van der Waals surface area contributed by atoms with E-state index in [2.05, 4.69) is 20.6 Å². The molecule has 6 N–H and O–H groups in total. The maximum Gasteiger partial charge on any atom is 0.223 e. The molecule has 1 amide bonds. The number of nitrogen functional groups attached to an aromatic ring is 2. The molecule has 1 fully saturated rings. The van der Waals surface area contributed by atoms with Crippen molar-refractivity contribution >= 4 is 23.5 Å². The standard InChI is InChI=1S/C10H16N6O/c11-7-5-8(16-10(12)15-7)13-4-3-9(17)14-6-1-2-6/h5-6H,1-4H2,(H,14,17)(H5,11,12,13,15,16). The monoisotopic (exact) mass is 236 g/mol. The zero-order chi connectivity index (χ0) is 12.3. The third-order valence-electron chi connectivity index (χ3n) is 2.36. The van der Waals surface area contributed by atoms with E-state index in [1.165, 1.54) is 0 Å². The van der Waals surface area contributed by atoms with Crippen molar-refractivity contribution < 1.29 is 4.79 Å². The van der Waals surface area contributed by atoms with E-state index in [1.54, 1.807) is 6.07 Å². The molecule has 0 spiro atoms. The Morgan fingerprint density at radius 1 is 1.41 bits per heavy atom. The van der Waals surface area contributed by atoms with E-state index in [-0.39, 0.29) is 11.9 Å². The average molecular weight is 236 g/mol. The van der Waals surface area contributed by atoms with Gasteiger partial charge < -0.3 is 22.1 Å². The maximum atomic E-state index is 11.4. The van der Waals surface area contributed by atoms with Gasteiger partial charge in [0.2, 0.25) is 11.9 Å². The molecule has 1 aromatic rings. The van der Waals surface area contributed by atoms with Crippen LogP contribution in [0.4, 0.5) is 17.6 Å². The van der Waals surface area contributed by atoms with Crippen molar-refractivity contribution in [3.8, 4) is 0 Å². The summed E-state index contributed by atoms with van der Waals surface area (Å²) in [6, 6.07) is 1.97. The van der Waals surface area contributed by atoms with Crippen LogP contribution in [0.5, 0.6) is 0 Å². The zero-order valence-electron chi connectivity index (χ0n) is 9.44. The average Bonchev–Trinajstić information content (AvgIpc) is 3.00. The number of hydrogen-bond donors (Lipinski definition) is 4. The van der Waals surface area contributed by atoms with Crippen LogP contribution in [-0.2, 0) is 4.79 Å². The Hall–Kier alpha value is -2.05. The highest BCUT2D eigenvalue weighted by Gasteiger charge is 2.22. The summed E-state index contributed by atoms with van der Waals surface area (Å²) in [5.41, 5.74) is 11.0. The summed E-state index contributed by atoms with van der Waals surface area (Å²) in [6.07, 6.45) is 2.59. The van der Waals surface area contributed by atoms with Crippen LogP contribution in [0.25, 0.3) is 0 Å². The van der Waals surface area contributed by atoms with Crippen LogP contribution in [0.15, 0.2) is 6.07 Å². The molecule has 1 saturated carbocycles. The maximum absolute atomic E-state index is 11.4. The molecule has 1 aliphatic rings. The number of carbonyl (C=O) groups excluding carboxylic acids is 1. The largest absolute Gasteiger partial charge is 0.383 e. The molecule has 0 saturated heterocycles. The number of nitrogens with one attached hydrogen (secondary N) is 2. The highest BCUT2D eigenvalue weighted by Crippen LogP contribution is 2.18. The summed E-state index contributed by atoms with van der Waals surface area (Å²) in [6.45, 7) is 0.494. The number of nitrogens with two attached hydrogens (primary N) is 2. The Balaban J connectivity index is 1.74. The first-order valence-corrected chi connectivity index (χ1v) is 5.57. The van der Waals surface area contributed by atoms with E-state index < -0.39 is 0 Å². The first kappa shape index (κ1) is 11.4. The van der Waals surface area contributed by atoms with E-state index in [9.17, 15) is 4.79 Å². The smallest absolute Gasteiger partial charge is 0.223 e. The fourth-order valence-electron chi connectivity index (χ4n) is 1.41. The van der Waals surface area contributed by atoms with Gasteiger partial charge in [-0.1, -0.05) is 0 Å². The first-order chi connectivity index (χ1) is 8.13. The summed E-state index contributed by atoms with van der Waals surface area (Å²) < 4.78 is 0. The summed E-state index contributed by atoms with van der Waals surface area (Å²) >= 11 is 0. The quantitative estimate of drug-likeness (QED) is 0.558. The van der Waals surface area contributed by atoms with Crippen LogP contribution in [0, 0.1) is 0 Å². The third kappa shape index (κ3) is 3.78. The van der Waals surface area contributed by atoms with Crippen LogP contribution in [0.3, 0.4) is 0 Å². The molecule has 92 valence electrons. The number of aromatic nitrogens is 2. The molecule has 1 aromatic heterocycles. The fraction of sp³-hybridized carbons (Fsp3) is 0.500. The van der Waals surface area contributed by atoms with Crippen LogP contribution in [-0.4, -0.2) is 28.5 Å². The molecule has 0 unspecified atom stereocenters. The SMILES string of the molecule is Nc1cc(NCCC(=O)NC2CC2)nc(N)n1. The lowest BCUT2D eigenvalue weighted by Gasteiger charge is -2.07. The molecule has 2 rings (SSSR count). The molecule has 17 heavy (non-hydrogen) atoms. The number of hydrogen-bond acceptors (Lipinski definition) is 6. The van der Waals surface area contributed by atoms with Gasteiger partial charge in [0.1, 0.15) is 11.6 Å². The fourth-order valence-corrected chi connectivity index (χ4v) is 1.41. The van der Waals surface area contributed by atoms with Gasteiger partial charge in [-0.25, -0.2) is 0 Å². The Bertz CT molecular complexity index is 397. The lowest BCUT2D eigenvalue weighted by atomic mass is 10.4. The van der Waals surface area contributed by atoms with E-state index in [1.807, 2.05) is 0 Å². The summed E-state index contributed by atoms with van der Waals surface area (Å²) in [5, 5.41) is 5.88. The van der Waals surface area contributed by atoms with Crippen molar-refractivity contribution in [1.82, 2.24) is 15.3 Å². The molecular weight excluding hydrogens is 220 g/mol. The van der Waals surface area contributed by atoms with Crippen molar-refractivity contribution in [1.29, 1.82) is 0 Å². The third-order valence-corrected chi connectivity index (χ3v) is 2.36. The summed E-state index contributed by atoms with van der Waals surface area (Å²) in [4.78, 5) is 19.1. The topological polar surface area (TPSA) is 119 Å². The molecule has 0 bridgehead atoms. The lowest BCUT2D eigenvalue weighted by molar-refractivity contribution is -0.120. The van der Waals surface area contributed by atoms with Crippen molar-refractivity contribution in [2.45, 2.75) is 25.3 Å². The predicted octanol–water partition coefficient (Wildman–Crippen LogP) is -0.278. The highest BCUT2D eigenvalue weighted by atomic mass is 16.1. The van der Waals surface area contributed by atoms with Gasteiger partial charge >= 0.3 is 0 Å². The molecule has 0 atom stereocenters. The Kier molecular flexibility index (Phi) is 3.27. The second-order valence-electron chi connectivity index (χ2n) is 4.05. The first-order valence-electron chi connectivity index (χ1n) is 5.57. The minimum Gasteiger partial charge on any atom is -0.383 e. The molecule has 0 radical (unpaired) electrons. The zero-order valence-corrected chi connectivity index (χ0v) is 9.44. The van der Waals surface area contributed by atoms with Crippen LogP contribution < -0.4 is 22.1 Å². The Labute approximate surface area is 99.0 Å². The van der Waals surface area contributed by atoms with E-state index in [0.29, 0.717) is 30.6 Å². The summed E-state index contributed by atoms with van der Waals surface area (Å²) in [7, 11) is 0. The van der Waals surface area contributed by atoms with Crippen LogP contribution in [0.1, 0.15) is 19.3 Å². The molecule has 1 heterocycles. The number of anilines is 3. The van der Waals surface area contributed by atoms with Gasteiger partial charge in [-0.05, 0) is 12.8 Å². The van der Waals surface area contributed by atoms with Gasteiger partial charge in [-0.3, -0.25) is 4.79 Å². The van der Waals surface area contributed by atoms with Crippen molar-refractivity contribution in [2.24, 2.45) is 0 Å². The molecule has 0 aromatic carbocycles. The molecule has 7 nitrogen and oxygen atoms in total. The minimum atomic E-state index is 0.0509. The van der Waals surface area contributed by atoms with Gasteiger partial charge in [0, 0.05) is 25.1 Å².